The maximum Gasteiger partial charge on any atom is 0.387 e. The molecule has 124 valence electrons. The van der Waals surface area contributed by atoms with Gasteiger partial charge in [0.05, 0.1) is 23.2 Å². The monoisotopic (exact) mass is 333 g/mol. The number of rotatable bonds is 5. The second kappa shape index (κ2) is 5.63. The second-order valence-electron chi connectivity index (χ2n) is 5.57. The number of nitrogens with zero attached hydrogens (tertiary/aromatic N) is 1. The van der Waals surface area contributed by atoms with E-state index in [1.807, 2.05) is 0 Å². The number of fused-ring (bicyclic) bond motifs is 1. The number of ether oxygens (including phenoxy) is 2. The SMILES string of the molecule is O=c1[nH]ncc2[nH]c(-c3ccc(OC(F)F)c(OC4CC4)c3)cc12. The van der Waals surface area contributed by atoms with Crippen LogP contribution in [0.25, 0.3) is 22.2 Å². The van der Waals surface area contributed by atoms with Crippen LogP contribution < -0.4 is 15.0 Å². The first-order valence-electron chi connectivity index (χ1n) is 7.42. The molecule has 24 heavy (non-hydrogen) atoms. The highest BCUT2D eigenvalue weighted by molar-refractivity contribution is 5.84. The first kappa shape index (κ1) is 14.7. The number of halogens is 2. The van der Waals surface area contributed by atoms with Gasteiger partial charge < -0.3 is 14.5 Å². The Morgan fingerprint density at radius 1 is 1.21 bits per heavy atom. The zero-order valence-corrected chi connectivity index (χ0v) is 12.4. The summed E-state index contributed by atoms with van der Waals surface area (Å²) in [5.41, 5.74) is 1.64. The Morgan fingerprint density at radius 3 is 2.75 bits per heavy atom. The molecule has 1 aliphatic rings. The first-order chi connectivity index (χ1) is 11.6. The highest BCUT2D eigenvalue weighted by atomic mass is 19.3. The van der Waals surface area contributed by atoms with Crippen LogP contribution in [0.1, 0.15) is 12.8 Å². The number of hydrogen-bond acceptors (Lipinski definition) is 4. The van der Waals surface area contributed by atoms with Crippen molar-refractivity contribution in [1.82, 2.24) is 15.2 Å². The van der Waals surface area contributed by atoms with Crippen LogP contribution >= 0.6 is 0 Å². The summed E-state index contributed by atoms with van der Waals surface area (Å²) in [5, 5.41) is 6.57. The van der Waals surface area contributed by atoms with Gasteiger partial charge in [0.2, 0.25) is 0 Å². The maximum atomic E-state index is 12.5. The molecule has 0 amide bonds. The van der Waals surface area contributed by atoms with Gasteiger partial charge >= 0.3 is 6.61 Å². The van der Waals surface area contributed by atoms with Crippen molar-refractivity contribution in [2.75, 3.05) is 0 Å². The van der Waals surface area contributed by atoms with Crippen LogP contribution in [0.4, 0.5) is 8.78 Å². The summed E-state index contributed by atoms with van der Waals surface area (Å²) in [7, 11) is 0. The molecule has 0 aliphatic heterocycles. The molecule has 6 nitrogen and oxygen atoms in total. The summed E-state index contributed by atoms with van der Waals surface area (Å²) in [4.78, 5) is 14.8. The van der Waals surface area contributed by atoms with Gasteiger partial charge in [-0.15, -0.1) is 0 Å². The van der Waals surface area contributed by atoms with E-state index < -0.39 is 6.61 Å². The molecule has 2 N–H and O–H groups in total. The number of nitrogens with one attached hydrogen (secondary N) is 2. The average Bonchev–Trinajstić information content (AvgIpc) is 3.24. The van der Waals surface area contributed by atoms with E-state index in [0.29, 0.717) is 22.2 Å². The minimum absolute atomic E-state index is 0.00345. The van der Waals surface area contributed by atoms with Crippen LogP contribution in [0.5, 0.6) is 11.5 Å². The molecule has 1 aromatic carbocycles. The molecule has 0 bridgehead atoms. The zero-order valence-electron chi connectivity index (χ0n) is 12.4. The Kier molecular flexibility index (Phi) is 3.44. The molecule has 4 rings (SSSR count). The van der Waals surface area contributed by atoms with Gasteiger partial charge in [0.15, 0.2) is 11.5 Å². The molecule has 1 aliphatic carbocycles. The lowest BCUT2D eigenvalue weighted by molar-refractivity contribution is -0.0516. The van der Waals surface area contributed by atoms with E-state index in [1.165, 1.54) is 12.3 Å². The van der Waals surface area contributed by atoms with Crippen molar-refractivity contribution in [1.29, 1.82) is 0 Å². The molecule has 0 unspecified atom stereocenters. The molecule has 0 atom stereocenters. The summed E-state index contributed by atoms with van der Waals surface area (Å²) in [6.07, 6.45) is 3.34. The van der Waals surface area contributed by atoms with E-state index in [1.54, 1.807) is 18.2 Å². The van der Waals surface area contributed by atoms with Crippen LogP contribution in [0.2, 0.25) is 0 Å². The minimum Gasteiger partial charge on any atom is -0.487 e. The Hall–Kier alpha value is -2.90. The van der Waals surface area contributed by atoms with E-state index in [2.05, 4.69) is 19.9 Å². The standard InChI is InChI=1S/C16H13F2N3O3/c17-16(18)24-13-4-1-8(5-14(13)23-9-2-3-9)11-6-10-12(20-11)7-19-21-15(10)22/h1,4-7,9,16,20H,2-3H2,(H,21,22). The number of benzene rings is 1. The van der Waals surface area contributed by atoms with Crippen molar-refractivity contribution >= 4 is 10.9 Å². The highest BCUT2D eigenvalue weighted by Crippen LogP contribution is 2.37. The lowest BCUT2D eigenvalue weighted by Crippen LogP contribution is -2.05. The zero-order chi connectivity index (χ0) is 16.7. The molecule has 8 heteroatoms. The summed E-state index contributed by atoms with van der Waals surface area (Å²) in [6, 6.07) is 6.37. The van der Waals surface area contributed by atoms with Crippen LogP contribution in [-0.4, -0.2) is 27.9 Å². The number of alkyl halides is 2. The molecular weight excluding hydrogens is 320 g/mol. The van der Waals surface area contributed by atoms with Gasteiger partial charge in [-0.1, -0.05) is 0 Å². The fourth-order valence-corrected chi connectivity index (χ4v) is 2.46. The smallest absolute Gasteiger partial charge is 0.387 e. The van der Waals surface area contributed by atoms with Gasteiger partial charge in [-0.2, -0.15) is 13.9 Å². The third-order valence-corrected chi connectivity index (χ3v) is 3.74. The van der Waals surface area contributed by atoms with E-state index in [4.69, 9.17) is 4.74 Å². The van der Waals surface area contributed by atoms with Gasteiger partial charge in [0, 0.05) is 11.3 Å². The summed E-state index contributed by atoms with van der Waals surface area (Å²) < 4.78 is 35.2. The summed E-state index contributed by atoms with van der Waals surface area (Å²) >= 11 is 0. The van der Waals surface area contributed by atoms with Gasteiger partial charge in [0.25, 0.3) is 5.56 Å². The molecular formula is C16H13F2N3O3. The highest BCUT2D eigenvalue weighted by Gasteiger charge is 2.26. The van der Waals surface area contributed by atoms with Crippen molar-refractivity contribution in [2.24, 2.45) is 0 Å². The quantitative estimate of drug-likeness (QED) is 0.752. The van der Waals surface area contributed by atoms with Crippen molar-refractivity contribution < 1.29 is 18.3 Å². The Morgan fingerprint density at radius 2 is 2.04 bits per heavy atom. The first-order valence-corrected chi connectivity index (χ1v) is 7.42. The van der Waals surface area contributed by atoms with Crippen molar-refractivity contribution in [3.63, 3.8) is 0 Å². The van der Waals surface area contributed by atoms with Crippen LogP contribution in [-0.2, 0) is 0 Å². The molecule has 0 spiro atoms. The molecule has 2 aromatic heterocycles. The van der Waals surface area contributed by atoms with E-state index in [0.717, 1.165) is 12.8 Å². The van der Waals surface area contributed by atoms with Crippen LogP contribution in [0.3, 0.4) is 0 Å². The average molecular weight is 333 g/mol. The van der Waals surface area contributed by atoms with Crippen molar-refractivity contribution in [2.45, 2.75) is 25.6 Å². The molecule has 0 radical (unpaired) electrons. The van der Waals surface area contributed by atoms with E-state index in [-0.39, 0.29) is 23.2 Å². The third-order valence-electron chi connectivity index (χ3n) is 3.74. The lowest BCUT2D eigenvalue weighted by atomic mass is 10.1. The second-order valence-corrected chi connectivity index (χ2v) is 5.57. The largest absolute Gasteiger partial charge is 0.487 e. The van der Waals surface area contributed by atoms with Crippen molar-refractivity contribution in [3.8, 4) is 22.8 Å². The number of aromatic amines is 2. The van der Waals surface area contributed by atoms with Gasteiger partial charge in [-0.25, -0.2) is 5.10 Å². The molecule has 1 fully saturated rings. The normalized spacial score (nSPS) is 14.3. The molecule has 0 saturated heterocycles. The predicted octanol–water partition coefficient (Wildman–Crippen LogP) is 3.06. The predicted molar refractivity (Wildman–Crippen MR) is 82.4 cm³/mol. The van der Waals surface area contributed by atoms with E-state index >= 15 is 0 Å². The Labute approximate surface area is 134 Å². The fraction of sp³-hybridized carbons (Fsp3) is 0.250. The van der Waals surface area contributed by atoms with Crippen LogP contribution in [0, 0.1) is 0 Å². The Bertz CT molecular complexity index is 947. The topological polar surface area (TPSA) is 80.0 Å². The van der Waals surface area contributed by atoms with Gasteiger partial charge in [0.1, 0.15) is 0 Å². The fourth-order valence-electron chi connectivity index (χ4n) is 2.46. The number of aromatic nitrogens is 3. The van der Waals surface area contributed by atoms with Gasteiger partial charge in [-0.05, 0) is 37.1 Å². The maximum absolute atomic E-state index is 12.5. The summed E-state index contributed by atoms with van der Waals surface area (Å²) in [5.74, 6) is 0.261. The number of hydrogen-bond donors (Lipinski definition) is 2. The van der Waals surface area contributed by atoms with E-state index in [9.17, 15) is 13.6 Å². The van der Waals surface area contributed by atoms with Gasteiger partial charge in [-0.3, -0.25) is 4.79 Å². The number of H-pyrrole nitrogens is 2. The Balaban J connectivity index is 1.76. The lowest BCUT2D eigenvalue weighted by Gasteiger charge is -2.13. The minimum atomic E-state index is -2.92. The van der Waals surface area contributed by atoms with Crippen LogP contribution in [0.15, 0.2) is 35.3 Å². The molecule has 3 aromatic rings. The van der Waals surface area contributed by atoms with Crippen molar-refractivity contribution in [3.05, 3.63) is 40.8 Å². The third kappa shape index (κ3) is 2.82. The molecule has 1 saturated carbocycles. The summed E-state index contributed by atoms with van der Waals surface area (Å²) in [6.45, 7) is -2.92. The molecule has 2 heterocycles.